The Morgan fingerprint density at radius 2 is 2.05 bits per heavy atom. The van der Waals surface area contributed by atoms with Gasteiger partial charge >= 0.3 is 0 Å². The molecule has 1 aliphatic carbocycles. The number of nitrogens with zero attached hydrogens (tertiary/aromatic N) is 1. The molecule has 0 bridgehead atoms. The summed E-state index contributed by atoms with van der Waals surface area (Å²) in [5.74, 6) is 0.0245. The Labute approximate surface area is 124 Å². The van der Waals surface area contributed by atoms with Crippen molar-refractivity contribution < 1.29 is 15.0 Å². The predicted octanol–water partition coefficient (Wildman–Crippen LogP) is 2.79. The van der Waals surface area contributed by atoms with E-state index < -0.39 is 0 Å². The molecule has 112 valence electrons. The lowest BCUT2D eigenvalue weighted by molar-refractivity contribution is -0.116. The fourth-order valence-corrected chi connectivity index (χ4v) is 2.48. The molecule has 4 heteroatoms. The molecule has 2 N–H and O–H groups in total. The molecule has 0 amide bonds. The van der Waals surface area contributed by atoms with Gasteiger partial charge in [-0.3, -0.25) is 9.79 Å². The van der Waals surface area contributed by atoms with Gasteiger partial charge in [0, 0.05) is 19.1 Å². The SMILES string of the molecule is CC[C@H](CO)N=CC1=C(O)CC(c2ccccc2)CC1=O. The molecule has 1 aromatic carbocycles. The molecule has 2 rings (SSSR count). The number of benzene rings is 1. The van der Waals surface area contributed by atoms with E-state index in [9.17, 15) is 9.90 Å². The van der Waals surface area contributed by atoms with Gasteiger partial charge in [0.2, 0.25) is 0 Å². The number of Topliss-reactive ketones (excluding diaryl/α,β-unsaturated/α-hetero) is 1. The summed E-state index contributed by atoms with van der Waals surface area (Å²) in [4.78, 5) is 16.4. The number of carbonyl (C=O) groups excluding carboxylic acids is 1. The van der Waals surface area contributed by atoms with Crippen LogP contribution in [0.5, 0.6) is 0 Å². The summed E-state index contributed by atoms with van der Waals surface area (Å²) in [5.41, 5.74) is 1.35. The Kier molecular flexibility index (Phi) is 5.28. The third kappa shape index (κ3) is 3.79. The number of ketones is 1. The number of allylic oxidation sites excluding steroid dienone is 2. The average Bonchev–Trinajstić information content (AvgIpc) is 2.51. The van der Waals surface area contributed by atoms with E-state index in [2.05, 4.69) is 4.99 Å². The van der Waals surface area contributed by atoms with Crippen molar-refractivity contribution in [2.45, 2.75) is 38.1 Å². The largest absolute Gasteiger partial charge is 0.511 e. The highest BCUT2D eigenvalue weighted by atomic mass is 16.3. The van der Waals surface area contributed by atoms with Crippen molar-refractivity contribution in [2.75, 3.05) is 6.61 Å². The van der Waals surface area contributed by atoms with Gasteiger partial charge in [-0.15, -0.1) is 0 Å². The first-order valence-corrected chi connectivity index (χ1v) is 7.30. The molecule has 0 spiro atoms. The minimum atomic E-state index is -0.218. The summed E-state index contributed by atoms with van der Waals surface area (Å²) >= 11 is 0. The van der Waals surface area contributed by atoms with Crippen LogP contribution in [0.4, 0.5) is 0 Å². The Balaban J connectivity index is 2.16. The van der Waals surface area contributed by atoms with Crippen LogP contribution in [-0.2, 0) is 4.79 Å². The Hall–Kier alpha value is -1.94. The topological polar surface area (TPSA) is 69.9 Å². The number of aliphatic hydroxyl groups is 2. The van der Waals surface area contributed by atoms with Gasteiger partial charge in [0.05, 0.1) is 18.2 Å². The van der Waals surface area contributed by atoms with E-state index in [1.54, 1.807) is 0 Å². The zero-order chi connectivity index (χ0) is 15.2. The Morgan fingerprint density at radius 3 is 2.62 bits per heavy atom. The molecule has 1 aliphatic rings. The van der Waals surface area contributed by atoms with Gasteiger partial charge in [-0.2, -0.15) is 0 Å². The molecular weight excluding hydrogens is 266 g/mol. The summed E-state index contributed by atoms with van der Waals surface area (Å²) in [6.07, 6.45) is 2.95. The van der Waals surface area contributed by atoms with Gasteiger partial charge in [0.1, 0.15) is 5.76 Å². The number of hydrogen-bond donors (Lipinski definition) is 2. The second-order valence-electron chi connectivity index (χ2n) is 5.32. The average molecular weight is 287 g/mol. The van der Waals surface area contributed by atoms with Crippen LogP contribution in [-0.4, -0.2) is 34.9 Å². The van der Waals surface area contributed by atoms with E-state index in [-0.39, 0.29) is 35.7 Å². The quantitative estimate of drug-likeness (QED) is 0.818. The van der Waals surface area contributed by atoms with E-state index >= 15 is 0 Å². The highest BCUT2D eigenvalue weighted by molar-refractivity contribution is 6.14. The van der Waals surface area contributed by atoms with Crippen LogP contribution in [0.15, 0.2) is 46.7 Å². The maximum absolute atomic E-state index is 12.2. The zero-order valence-corrected chi connectivity index (χ0v) is 12.2. The van der Waals surface area contributed by atoms with Crippen LogP contribution in [0.25, 0.3) is 0 Å². The van der Waals surface area contributed by atoms with Crippen molar-refractivity contribution in [3.05, 3.63) is 47.2 Å². The molecule has 1 unspecified atom stereocenters. The molecule has 0 radical (unpaired) electrons. The standard InChI is InChI=1S/C17H21NO3/c1-2-14(11-19)18-10-15-16(20)8-13(9-17(15)21)12-6-4-3-5-7-12/h3-7,10,13-14,19-20H,2,8-9,11H2,1H3/t13?,14-/m1/s1. The monoisotopic (exact) mass is 287 g/mol. The van der Waals surface area contributed by atoms with Crippen molar-refractivity contribution in [3.63, 3.8) is 0 Å². The van der Waals surface area contributed by atoms with Crippen LogP contribution in [0.3, 0.4) is 0 Å². The predicted molar refractivity (Wildman–Crippen MR) is 82.7 cm³/mol. The first-order valence-electron chi connectivity index (χ1n) is 7.30. The van der Waals surface area contributed by atoms with Gasteiger partial charge < -0.3 is 10.2 Å². The lowest BCUT2D eigenvalue weighted by atomic mass is 9.83. The van der Waals surface area contributed by atoms with Crippen molar-refractivity contribution in [3.8, 4) is 0 Å². The van der Waals surface area contributed by atoms with Crippen molar-refractivity contribution in [1.29, 1.82) is 0 Å². The number of rotatable bonds is 5. The van der Waals surface area contributed by atoms with Gasteiger partial charge in [0.15, 0.2) is 5.78 Å². The molecule has 1 aromatic rings. The maximum atomic E-state index is 12.2. The third-order valence-electron chi connectivity index (χ3n) is 3.85. The van der Waals surface area contributed by atoms with Gasteiger partial charge in [-0.1, -0.05) is 37.3 Å². The minimum Gasteiger partial charge on any atom is -0.511 e. The van der Waals surface area contributed by atoms with E-state index in [1.165, 1.54) is 6.21 Å². The summed E-state index contributed by atoms with van der Waals surface area (Å²) in [7, 11) is 0. The molecule has 2 atom stereocenters. The lowest BCUT2D eigenvalue weighted by Gasteiger charge is -2.22. The van der Waals surface area contributed by atoms with Crippen molar-refractivity contribution in [2.24, 2.45) is 4.99 Å². The number of aliphatic hydroxyl groups excluding tert-OH is 2. The third-order valence-corrected chi connectivity index (χ3v) is 3.85. The molecule has 0 aromatic heterocycles. The molecule has 0 heterocycles. The van der Waals surface area contributed by atoms with E-state index in [4.69, 9.17) is 5.11 Å². The Bertz CT molecular complexity index is 544. The van der Waals surface area contributed by atoms with E-state index in [0.717, 1.165) is 5.56 Å². The van der Waals surface area contributed by atoms with Crippen LogP contribution in [0, 0.1) is 0 Å². The molecule has 0 saturated carbocycles. The van der Waals surface area contributed by atoms with Gasteiger partial charge in [-0.05, 0) is 17.9 Å². The lowest BCUT2D eigenvalue weighted by Crippen LogP contribution is -2.20. The van der Waals surface area contributed by atoms with Crippen LogP contribution in [0.1, 0.15) is 37.7 Å². The molecular formula is C17H21NO3. The fourth-order valence-electron chi connectivity index (χ4n) is 2.48. The Morgan fingerprint density at radius 1 is 1.33 bits per heavy atom. The summed E-state index contributed by atoms with van der Waals surface area (Å²) in [5, 5.41) is 19.2. The molecule has 21 heavy (non-hydrogen) atoms. The maximum Gasteiger partial charge on any atom is 0.168 e. The molecule has 0 fully saturated rings. The minimum absolute atomic E-state index is 0.0238. The number of carbonyl (C=O) groups is 1. The van der Waals surface area contributed by atoms with E-state index in [0.29, 0.717) is 19.3 Å². The number of aliphatic imine (C=N–C) groups is 1. The van der Waals surface area contributed by atoms with Crippen molar-refractivity contribution in [1.82, 2.24) is 0 Å². The summed E-state index contributed by atoms with van der Waals surface area (Å²) in [6.45, 7) is 1.86. The highest BCUT2D eigenvalue weighted by Crippen LogP contribution is 2.32. The molecule has 4 nitrogen and oxygen atoms in total. The normalized spacial score (nSPS) is 21.0. The van der Waals surface area contributed by atoms with Crippen LogP contribution < -0.4 is 0 Å². The zero-order valence-electron chi connectivity index (χ0n) is 12.2. The van der Waals surface area contributed by atoms with Crippen molar-refractivity contribution >= 4 is 12.0 Å². The molecule has 0 saturated heterocycles. The van der Waals surface area contributed by atoms with Crippen LogP contribution in [0.2, 0.25) is 0 Å². The second kappa shape index (κ2) is 7.18. The fraction of sp³-hybridized carbons (Fsp3) is 0.412. The van der Waals surface area contributed by atoms with Crippen LogP contribution >= 0.6 is 0 Å². The van der Waals surface area contributed by atoms with Gasteiger partial charge in [0.25, 0.3) is 0 Å². The summed E-state index contributed by atoms with van der Waals surface area (Å²) < 4.78 is 0. The molecule has 0 aliphatic heterocycles. The number of hydrogen-bond acceptors (Lipinski definition) is 4. The second-order valence-corrected chi connectivity index (χ2v) is 5.32. The smallest absolute Gasteiger partial charge is 0.168 e. The summed E-state index contributed by atoms with van der Waals surface area (Å²) in [6, 6.07) is 9.54. The van der Waals surface area contributed by atoms with E-state index in [1.807, 2.05) is 37.3 Å². The van der Waals surface area contributed by atoms with Gasteiger partial charge in [-0.25, -0.2) is 0 Å². The highest BCUT2D eigenvalue weighted by Gasteiger charge is 2.27. The first-order chi connectivity index (χ1) is 10.2. The first kappa shape index (κ1) is 15.4.